The van der Waals surface area contributed by atoms with E-state index < -0.39 is 0 Å². The van der Waals surface area contributed by atoms with E-state index in [-0.39, 0.29) is 1.43 Å². The van der Waals surface area contributed by atoms with E-state index in [2.05, 4.69) is 25.8 Å². The molecule has 0 rings (SSSR count). The van der Waals surface area contributed by atoms with Gasteiger partial charge in [-0.3, -0.25) is 0 Å². The summed E-state index contributed by atoms with van der Waals surface area (Å²) >= 11 is 0. The van der Waals surface area contributed by atoms with E-state index in [0.717, 1.165) is 13.1 Å². The number of hydrogen-bond donors (Lipinski definition) is 0. The van der Waals surface area contributed by atoms with Crippen molar-refractivity contribution in [3.63, 3.8) is 0 Å². The summed E-state index contributed by atoms with van der Waals surface area (Å²) in [6.07, 6.45) is 0. The van der Waals surface area contributed by atoms with Crippen LogP contribution in [-0.2, 0) is 0 Å². The smallest absolute Gasteiger partial charge is 0 e. The summed E-state index contributed by atoms with van der Waals surface area (Å²) in [5, 5.41) is 0. The fourth-order valence-corrected chi connectivity index (χ4v) is 0.224. The molecule has 0 aliphatic rings. The third-order valence-electron chi connectivity index (χ3n) is 1.08. The molecule has 6 heavy (non-hydrogen) atoms. The maximum atomic E-state index is 2.25. The highest BCUT2D eigenvalue weighted by molar-refractivity contribution is 4.36. The van der Waals surface area contributed by atoms with Crippen molar-refractivity contribution < 1.29 is 1.43 Å². The van der Waals surface area contributed by atoms with Crippen molar-refractivity contribution in [2.75, 3.05) is 20.1 Å². The van der Waals surface area contributed by atoms with Crippen LogP contribution < -0.4 is 0 Å². The zero-order valence-electron chi connectivity index (χ0n) is 4.86. The van der Waals surface area contributed by atoms with Gasteiger partial charge in [-0.25, -0.2) is 0 Å². The largest absolute Gasteiger partial charge is 0.307 e. The fourth-order valence-electron chi connectivity index (χ4n) is 0.224. The second-order valence-corrected chi connectivity index (χ2v) is 1.49. The van der Waals surface area contributed by atoms with E-state index in [1.54, 1.807) is 0 Å². The first-order valence-electron chi connectivity index (χ1n) is 2.49. The normalized spacial score (nSPS) is 10.0. The zero-order valence-corrected chi connectivity index (χ0v) is 4.86. The fraction of sp³-hybridized carbons (Fsp3) is 1.00. The molecular formula is C5H15N. The minimum Gasteiger partial charge on any atom is -0.307 e. The lowest BCUT2D eigenvalue weighted by Crippen LogP contribution is -2.15. The monoisotopic (exact) mass is 89.1 g/mol. The molecule has 0 atom stereocenters. The summed E-state index contributed by atoms with van der Waals surface area (Å²) in [5.41, 5.74) is 0. The van der Waals surface area contributed by atoms with Gasteiger partial charge in [-0.15, -0.1) is 0 Å². The molecule has 1 heteroatoms. The lowest BCUT2D eigenvalue weighted by atomic mass is 10.6. The van der Waals surface area contributed by atoms with Gasteiger partial charge in [0.1, 0.15) is 0 Å². The topological polar surface area (TPSA) is 3.24 Å². The van der Waals surface area contributed by atoms with Crippen LogP contribution in [0.5, 0.6) is 0 Å². The third kappa shape index (κ3) is 2.21. The summed E-state index contributed by atoms with van der Waals surface area (Å²) < 4.78 is 0. The summed E-state index contributed by atoms with van der Waals surface area (Å²) in [7, 11) is 2.11. The van der Waals surface area contributed by atoms with Gasteiger partial charge in [0.05, 0.1) is 0 Å². The van der Waals surface area contributed by atoms with Crippen molar-refractivity contribution in [3.8, 4) is 0 Å². The predicted molar refractivity (Wildman–Crippen MR) is 31.0 cm³/mol. The Balaban J connectivity index is 0. The molecule has 0 N–H and O–H groups in total. The van der Waals surface area contributed by atoms with Gasteiger partial charge in [-0.1, -0.05) is 13.8 Å². The zero-order chi connectivity index (χ0) is 4.99. The highest BCUT2D eigenvalue weighted by atomic mass is 15.1. The van der Waals surface area contributed by atoms with Crippen molar-refractivity contribution in [3.05, 3.63) is 0 Å². The minimum atomic E-state index is 0. The molecular weight excluding hydrogens is 74.1 g/mol. The van der Waals surface area contributed by atoms with Crippen LogP contribution >= 0.6 is 0 Å². The molecule has 1 nitrogen and oxygen atoms in total. The van der Waals surface area contributed by atoms with Gasteiger partial charge in [0.15, 0.2) is 0 Å². The molecule has 0 unspecified atom stereocenters. The second-order valence-electron chi connectivity index (χ2n) is 1.49. The third-order valence-corrected chi connectivity index (χ3v) is 1.08. The Morgan fingerprint density at radius 2 is 1.67 bits per heavy atom. The van der Waals surface area contributed by atoms with Crippen LogP contribution in [-0.4, -0.2) is 25.0 Å². The molecule has 0 aromatic rings. The van der Waals surface area contributed by atoms with Gasteiger partial charge in [-0.05, 0) is 20.1 Å². The molecule has 0 aliphatic carbocycles. The summed E-state index contributed by atoms with van der Waals surface area (Å²) in [5.74, 6) is 0. The van der Waals surface area contributed by atoms with E-state index in [1.165, 1.54) is 0 Å². The first-order chi connectivity index (χ1) is 2.81. The molecule has 0 radical (unpaired) electrons. The Hall–Kier alpha value is -0.0400. The molecule has 0 saturated carbocycles. The Labute approximate surface area is 41.4 Å². The van der Waals surface area contributed by atoms with E-state index in [4.69, 9.17) is 0 Å². The van der Waals surface area contributed by atoms with E-state index in [1.807, 2.05) is 0 Å². The first-order valence-corrected chi connectivity index (χ1v) is 2.49. The molecule has 0 aliphatic heterocycles. The maximum Gasteiger partial charge on any atom is 0 e. The van der Waals surface area contributed by atoms with E-state index in [9.17, 15) is 0 Å². The molecule has 0 aromatic carbocycles. The molecule has 0 saturated heterocycles. The average molecular weight is 89.2 g/mol. The highest BCUT2D eigenvalue weighted by Gasteiger charge is 1.81. The van der Waals surface area contributed by atoms with Gasteiger partial charge in [0.25, 0.3) is 0 Å². The van der Waals surface area contributed by atoms with Crippen LogP contribution in [0.3, 0.4) is 0 Å². The van der Waals surface area contributed by atoms with Gasteiger partial charge in [0, 0.05) is 1.43 Å². The quantitative estimate of drug-likeness (QED) is 0.491. The van der Waals surface area contributed by atoms with Crippen molar-refractivity contribution in [2.24, 2.45) is 0 Å². The number of rotatable bonds is 2. The van der Waals surface area contributed by atoms with E-state index in [0.29, 0.717) is 0 Å². The van der Waals surface area contributed by atoms with Crippen LogP contribution in [0.25, 0.3) is 0 Å². The molecule has 0 heterocycles. The van der Waals surface area contributed by atoms with Crippen molar-refractivity contribution >= 4 is 0 Å². The second kappa shape index (κ2) is 3.16. The van der Waals surface area contributed by atoms with Gasteiger partial charge >= 0.3 is 0 Å². The average Bonchev–Trinajstić information content (AvgIpc) is 1.65. The molecule has 0 bridgehead atoms. The first kappa shape index (κ1) is 5.96. The van der Waals surface area contributed by atoms with Crippen molar-refractivity contribution in [1.82, 2.24) is 4.90 Å². The van der Waals surface area contributed by atoms with Crippen LogP contribution in [0.1, 0.15) is 15.3 Å². The van der Waals surface area contributed by atoms with Gasteiger partial charge in [-0.2, -0.15) is 0 Å². The Bertz CT molecular complexity index is 27.3. The Kier molecular flexibility index (Phi) is 3.14. The minimum absolute atomic E-state index is 0. The van der Waals surface area contributed by atoms with Crippen LogP contribution in [0, 0.1) is 0 Å². The summed E-state index contributed by atoms with van der Waals surface area (Å²) in [6, 6.07) is 0. The standard InChI is InChI=1S/C5H13N.H2/c1-4-6(3)5-2;/h4-5H2,1-3H3;1H. The molecule has 0 spiro atoms. The predicted octanol–water partition coefficient (Wildman–Crippen LogP) is 1.20. The maximum absolute atomic E-state index is 2.25. The molecule has 0 amide bonds. The molecule has 0 fully saturated rings. The van der Waals surface area contributed by atoms with Crippen LogP contribution in [0.15, 0.2) is 0 Å². The lowest BCUT2D eigenvalue weighted by Gasteiger charge is -2.07. The van der Waals surface area contributed by atoms with E-state index >= 15 is 0 Å². The SMILES string of the molecule is CCN(C)CC.[HH]. The van der Waals surface area contributed by atoms with Crippen molar-refractivity contribution in [1.29, 1.82) is 0 Å². The number of hydrogen-bond acceptors (Lipinski definition) is 1. The summed E-state index contributed by atoms with van der Waals surface area (Å²) in [4.78, 5) is 2.25. The number of nitrogens with zero attached hydrogens (tertiary/aromatic N) is 1. The molecule has 40 valence electrons. The lowest BCUT2D eigenvalue weighted by molar-refractivity contribution is 0.373. The Morgan fingerprint density at radius 1 is 1.33 bits per heavy atom. The van der Waals surface area contributed by atoms with Crippen LogP contribution in [0.2, 0.25) is 0 Å². The van der Waals surface area contributed by atoms with Gasteiger partial charge in [0.2, 0.25) is 0 Å². The van der Waals surface area contributed by atoms with Crippen molar-refractivity contribution in [2.45, 2.75) is 13.8 Å². The highest BCUT2D eigenvalue weighted by Crippen LogP contribution is 1.73. The van der Waals surface area contributed by atoms with Gasteiger partial charge < -0.3 is 4.90 Å². The Morgan fingerprint density at radius 3 is 1.67 bits per heavy atom. The summed E-state index contributed by atoms with van der Waals surface area (Å²) in [6.45, 7) is 6.64. The van der Waals surface area contributed by atoms with Crippen LogP contribution in [0.4, 0.5) is 0 Å². The molecule has 0 aromatic heterocycles.